The summed E-state index contributed by atoms with van der Waals surface area (Å²) >= 11 is 1.80. The van der Waals surface area contributed by atoms with Crippen molar-refractivity contribution in [2.24, 2.45) is 0 Å². The van der Waals surface area contributed by atoms with Gasteiger partial charge in [0.2, 0.25) is 0 Å². The lowest BCUT2D eigenvalue weighted by molar-refractivity contribution is 0.590. The number of hydrogen-bond donors (Lipinski definition) is 0. The van der Waals surface area contributed by atoms with Crippen LogP contribution in [0.15, 0.2) is 182 Å². The molecule has 1 aromatic heterocycles. The highest BCUT2D eigenvalue weighted by Crippen LogP contribution is 2.48. The first kappa shape index (κ1) is 31.8. The quantitative estimate of drug-likeness (QED) is 0.159. The normalized spacial score (nSPS) is 11.8. The molecule has 0 bridgehead atoms. The van der Waals surface area contributed by atoms with Crippen molar-refractivity contribution in [1.29, 1.82) is 0 Å². The van der Waals surface area contributed by atoms with E-state index in [9.17, 15) is 0 Å². The Hall–Kier alpha value is -6.68. The van der Waals surface area contributed by atoms with Gasteiger partial charge < -0.3 is 0 Å². The predicted molar refractivity (Wildman–Crippen MR) is 231 cm³/mol. The zero-order valence-electron chi connectivity index (χ0n) is 29.5. The van der Waals surface area contributed by atoms with Crippen molar-refractivity contribution in [3.63, 3.8) is 0 Å². The van der Waals surface area contributed by atoms with Crippen LogP contribution < -0.4 is 0 Å². The lowest BCUT2D eigenvalue weighted by Crippen LogP contribution is -1.95. The number of benzene rings is 10. The molecule has 55 heavy (non-hydrogen) atoms. The standard InChI is InChI=1S/C52H30F2S/c53-44-23-12-24-45(54)52(44)51-41-21-10-8-19-39(41)50(40-20-9-11-22-42(40)51)33-25-27-34-43-29-32(26-28-46(43)55-47(34)30-33)49-37-17-6-4-15-35(37)48(31-13-2-1-3-14-31)36-16-5-7-18-38(36)49/h1-30H. The maximum atomic E-state index is 15.4. The van der Waals surface area contributed by atoms with Gasteiger partial charge in [-0.3, -0.25) is 0 Å². The van der Waals surface area contributed by atoms with Crippen LogP contribution in [0.5, 0.6) is 0 Å². The van der Waals surface area contributed by atoms with E-state index in [4.69, 9.17) is 0 Å². The second kappa shape index (κ2) is 12.4. The fraction of sp³-hybridized carbons (Fsp3) is 0. The first-order valence-electron chi connectivity index (χ1n) is 18.5. The van der Waals surface area contributed by atoms with Crippen LogP contribution in [0.2, 0.25) is 0 Å². The van der Waals surface area contributed by atoms with Gasteiger partial charge >= 0.3 is 0 Å². The molecule has 0 N–H and O–H groups in total. The van der Waals surface area contributed by atoms with Crippen LogP contribution in [0.25, 0.3) is 108 Å². The van der Waals surface area contributed by atoms with Crippen molar-refractivity contribution in [2.75, 3.05) is 0 Å². The van der Waals surface area contributed by atoms with Crippen LogP contribution >= 0.6 is 11.3 Å². The van der Waals surface area contributed by atoms with Crippen molar-refractivity contribution in [3.8, 4) is 44.5 Å². The fourth-order valence-corrected chi connectivity index (χ4v) is 10.0. The zero-order valence-corrected chi connectivity index (χ0v) is 30.3. The first-order valence-corrected chi connectivity index (χ1v) is 19.3. The Balaban J connectivity index is 1.13. The minimum Gasteiger partial charge on any atom is -0.206 e. The molecular weight excluding hydrogens is 695 g/mol. The zero-order chi connectivity index (χ0) is 36.6. The van der Waals surface area contributed by atoms with Crippen molar-refractivity contribution in [3.05, 3.63) is 194 Å². The smallest absolute Gasteiger partial charge is 0.134 e. The summed E-state index contributed by atoms with van der Waals surface area (Å²) in [5.41, 5.74) is 7.63. The fourth-order valence-electron chi connectivity index (χ4n) is 8.89. The third kappa shape index (κ3) is 4.87. The van der Waals surface area contributed by atoms with E-state index in [0.717, 1.165) is 32.7 Å². The molecule has 0 fully saturated rings. The second-order valence-electron chi connectivity index (χ2n) is 14.2. The summed E-state index contributed by atoms with van der Waals surface area (Å²) in [6.07, 6.45) is 0. The Morgan fingerprint density at radius 3 is 1.18 bits per heavy atom. The van der Waals surface area contributed by atoms with Crippen molar-refractivity contribution >= 4 is 74.6 Å². The maximum Gasteiger partial charge on any atom is 0.134 e. The SMILES string of the molecule is Fc1cccc(F)c1-c1c2ccccc2c(-c2ccc3c(c2)sc2ccc(-c4c5ccccc5c(-c5ccccc5)c5ccccc45)cc23)c2ccccc12. The molecule has 10 aromatic carbocycles. The van der Waals surface area contributed by atoms with Gasteiger partial charge in [-0.05, 0) is 107 Å². The molecule has 1 heterocycles. The maximum absolute atomic E-state index is 15.4. The van der Waals surface area contributed by atoms with E-state index in [1.54, 1.807) is 11.3 Å². The average Bonchev–Trinajstić information content (AvgIpc) is 3.60. The molecule has 0 unspecified atom stereocenters. The Labute approximate surface area is 320 Å². The van der Waals surface area contributed by atoms with Crippen LogP contribution in [0.4, 0.5) is 8.78 Å². The Kier molecular flexibility index (Phi) is 7.20. The molecule has 258 valence electrons. The topological polar surface area (TPSA) is 0 Å². The lowest BCUT2D eigenvalue weighted by atomic mass is 9.85. The lowest BCUT2D eigenvalue weighted by Gasteiger charge is -2.18. The summed E-state index contributed by atoms with van der Waals surface area (Å²) in [7, 11) is 0. The largest absolute Gasteiger partial charge is 0.206 e. The van der Waals surface area contributed by atoms with Crippen molar-refractivity contribution < 1.29 is 8.78 Å². The van der Waals surface area contributed by atoms with E-state index < -0.39 is 11.6 Å². The van der Waals surface area contributed by atoms with Gasteiger partial charge in [-0.2, -0.15) is 0 Å². The van der Waals surface area contributed by atoms with Crippen LogP contribution in [-0.2, 0) is 0 Å². The molecule has 0 aliphatic carbocycles. The van der Waals surface area contributed by atoms with Gasteiger partial charge in [0.1, 0.15) is 11.6 Å². The predicted octanol–water partition coefficient (Wildman–Crippen LogP) is 15.6. The summed E-state index contributed by atoms with van der Waals surface area (Å²) in [5.74, 6) is -1.13. The van der Waals surface area contributed by atoms with Crippen LogP contribution in [0.3, 0.4) is 0 Å². The van der Waals surface area contributed by atoms with Gasteiger partial charge in [0.05, 0.1) is 5.56 Å². The Morgan fingerprint density at radius 1 is 0.255 bits per heavy atom. The number of halogens is 2. The summed E-state index contributed by atoms with van der Waals surface area (Å²) in [5, 5.41) is 10.9. The van der Waals surface area contributed by atoms with Crippen LogP contribution in [0.1, 0.15) is 0 Å². The minimum absolute atomic E-state index is 0.00692. The van der Waals surface area contributed by atoms with E-state index in [-0.39, 0.29) is 5.56 Å². The van der Waals surface area contributed by atoms with E-state index in [2.05, 4.69) is 127 Å². The molecule has 0 aliphatic heterocycles. The third-order valence-electron chi connectivity index (χ3n) is 11.2. The van der Waals surface area contributed by atoms with Crippen molar-refractivity contribution in [1.82, 2.24) is 0 Å². The molecule has 3 heteroatoms. The van der Waals surface area contributed by atoms with Gasteiger partial charge in [0.25, 0.3) is 0 Å². The molecule has 0 amide bonds. The van der Waals surface area contributed by atoms with E-state index in [1.165, 1.54) is 82.2 Å². The molecule has 0 atom stereocenters. The van der Waals surface area contributed by atoms with Crippen molar-refractivity contribution in [2.45, 2.75) is 0 Å². The molecule has 0 spiro atoms. The van der Waals surface area contributed by atoms with Gasteiger partial charge in [0.15, 0.2) is 0 Å². The highest BCUT2D eigenvalue weighted by Gasteiger charge is 2.22. The Morgan fingerprint density at radius 2 is 0.673 bits per heavy atom. The highest BCUT2D eigenvalue weighted by atomic mass is 32.1. The monoisotopic (exact) mass is 724 g/mol. The number of hydrogen-bond acceptors (Lipinski definition) is 1. The molecule has 0 saturated heterocycles. The first-order chi connectivity index (χ1) is 27.1. The van der Waals surface area contributed by atoms with Gasteiger partial charge in [0, 0.05) is 25.7 Å². The van der Waals surface area contributed by atoms with Crippen LogP contribution in [-0.4, -0.2) is 0 Å². The molecule has 0 aliphatic rings. The molecular formula is C52H30F2S. The van der Waals surface area contributed by atoms with E-state index >= 15 is 8.78 Å². The third-order valence-corrected chi connectivity index (χ3v) is 12.3. The summed E-state index contributed by atoms with van der Waals surface area (Å²) in [6.45, 7) is 0. The highest BCUT2D eigenvalue weighted by molar-refractivity contribution is 7.25. The molecule has 0 saturated carbocycles. The van der Waals surface area contributed by atoms with E-state index in [0.29, 0.717) is 5.56 Å². The van der Waals surface area contributed by atoms with Gasteiger partial charge in [-0.25, -0.2) is 8.78 Å². The summed E-state index contributed by atoms with van der Waals surface area (Å²) in [4.78, 5) is 0. The molecule has 11 aromatic rings. The minimum atomic E-state index is -0.567. The van der Waals surface area contributed by atoms with E-state index in [1.807, 2.05) is 36.4 Å². The summed E-state index contributed by atoms with van der Waals surface area (Å²) < 4.78 is 33.3. The van der Waals surface area contributed by atoms with Crippen LogP contribution in [0, 0.1) is 11.6 Å². The summed E-state index contributed by atoms with van der Waals surface area (Å²) in [6, 6.07) is 62.0. The number of fused-ring (bicyclic) bond motifs is 7. The number of thiophene rings is 1. The second-order valence-corrected chi connectivity index (χ2v) is 15.3. The average molecular weight is 725 g/mol. The van der Waals surface area contributed by atoms with Gasteiger partial charge in [-0.15, -0.1) is 11.3 Å². The molecule has 0 radical (unpaired) electrons. The number of rotatable bonds is 4. The molecule has 11 rings (SSSR count). The Bertz CT molecular complexity index is 3210. The van der Waals surface area contributed by atoms with Gasteiger partial charge in [-0.1, -0.05) is 152 Å². The molecule has 0 nitrogen and oxygen atoms in total.